The van der Waals surface area contributed by atoms with E-state index >= 15 is 0 Å². The first-order chi connectivity index (χ1) is 9.70. The van der Waals surface area contributed by atoms with Crippen molar-refractivity contribution in [2.45, 2.75) is 32.3 Å². The van der Waals surface area contributed by atoms with E-state index in [1.165, 1.54) is 0 Å². The first-order valence-corrected chi connectivity index (χ1v) is 6.93. The number of carbonyl (C=O) groups excluding carboxylic acids is 1. The fraction of sp³-hybridized carbons (Fsp3) is 0.438. The highest BCUT2D eigenvalue weighted by atomic mass is 16.5. The molecule has 1 aromatic carbocycles. The van der Waals surface area contributed by atoms with Crippen LogP contribution in [0.3, 0.4) is 0 Å². The molecule has 1 fully saturated rings. The molecule has 1 amide bonds. The molecule has 4 nitrogen and oxygen atoms in total. The predicted molar refractivity (Wildman–Crippen MR) is 79.3 cm³/mol. The third-order valence-corrected chi connectivity index (χ3v) is 3.30. The van der Waals surface area contributed by atoms with Gasteiger partial charge in [-0.2, -0.15) is 0 Å². The Labute approximate surface area is 119 Å². The Morgan fingerprint density at radius 1 is 1.50 bits per heavy atom. The van der Waals surface area contributed by atoms with Crippen LogP contribution in [-0.2, 0) is 9.53 Å². The van der Waals surface area contributed by atoms with Crippen LogP contribution in [-0.4, -0.2) is 25.2 Å². The van der Waals surface area contributed by atoms with Gasteiger partial charge in [-0.3, -0.25) is 4.79 Å². The van der Waals surface area contributed by atoms with Crippen molar-refractivity contribution in [3.63, 3.8) is 0 Å². The predicted octanol–water partition coefficient (Wildman–Crippen LogP) is 1.81. The number of aryl methyl sites for hydroxylation is 1. The van der Waals surface area contributed by atoms with Gasteiger partial charge in [0.05, 0.1) is 6.54 Å². The Morgan fingerprint density at radius 3 is 3.05 bits per heavy atom. The summed E-state index contributed by atoms with van der Waals surface area (Å²) in [6.45, 7) is 2.95. The summed E-state index contributed by atoms with van der Waals surface area (Å²) < 4.78 is 5.49. The summed E-state index contributed by atoms with van der Waals surface area (Å²) in [5, 5.41) is 2.93. The van der Waals surface area contributed by atoms with Crippen LogP contribution >= 0.6 is 0 Å². The Kier molecular flexibility index (Phi) is 5.16. The minimum absolute atomic E-state index is 0.0725. The molecule has 0 spiro atoms. The van der Waals surface area contributed by atoms with Gasteiger partial charge in [0, 0.05) is 17.9 Å². The van der Waals surface area contributed by atoms with E-state index in [0.717, 1.165) is 36.1 Å². The average Bonchev–Trinajstić information content (AvgIpc) is 2.49. The van der Waals surface area contributed by atoms with Crippen LogP contribution in [0.2, 0.25) is 0 Å². The van der Waals surface area contributed by atoms with Crippen LogP contribution in [0.1, 0.15) is 30.4 Å². The smallest absolute Gasteiger partial charge is 0.253 e. The highest BCUT2D eigenvalue weighted by molar-refractivity contribution is 5.95. The quantitative estimate of drug-likeness (QED) is 0.807. The number of amides is 1. The Morgan fingerprint density at radius 2 is 2.35 bits per heavy atom. The fourth-order valence-electron chi connectivity index (χ4n) is 2.15. The third-order valence-electron chi connectivity index (χ3n) is 3.30. The summed E-state index contributed by atoms with van der Waals surface area (Å²) >= 11 is 0. The summed E-state index contributed by atoms with van der Waals surface area (Å²) in [6, 6.07) is 5.74. The van der Waals surface area contributed by atoms with Crippen LogP contribution in [0.15, 0.2) is 18.2 Å². The highest BCUT2D eigenvalue weighted by Crippen LogP contribution is 2.19. The molecule has 0 radical (unpaired) electrons. The molecule has 0 bridgehead atoms. The van der Waals surface area contributed by atoms with E-state index in [4.69, 9.17) is 10.5 Å². The van der Waals surface area contributed by atoms with Crippen molar-refractivity contribution in [1.29, 1.82) is 0 Å². The van der Waals surface area contributed by atoms with Crippen LogP contribution in [0, 0.1) is 18.8 Å². The zero-order valence-electron chi connectivity index (χ0n) is 11.7. The molecule has 2 rings (SSSR count). The Balaban J connectivity index is 2.09. The Bertz CT molecular complexity index is 537. The SMILES string of the molecule is Cc1ccc(C#CCN)cc1NC(=O)C1CCCCO1. The van der Waals surface area contributed by atoms with Gasteiger partial charge in [0.15, 0.2) is 0 Å². The minimum atomic E-state index is -0.332. The lowest BCUT2D eigenvalue weighted by molar-refractivity contribution is -0.129. The molecule has 4 heteroatoms. The summed E-state index contributed by atoms with van der Waals surface area (Å²) in [5.41, 5.74) is 8.00. The number of hydrogen-bond donors (Lipinski definition) is 2. The molecule has 0 saturated carbocycles. The lowest BCUT2D eigenvalue weighted by Gasteiger charge is -2.22. The zero-order valence-corrected chi connectivity index (χ0v) is 11.7. The maximum atomic E-state index is 12.2. The second kappa shape index (κ2) is 7.09. The summed E-state index contributed by atoms with van der Waals surface area (Å²) in [7, 11) is 0. The maximum Gasteiger partial charge on any atom is 0.253 e. The number of carbonyl (C=O) groups is 1. The molecule has 1 saturated heterocycles. The van der Waals surface area contributed by atoms with Gasteiger partial charge in [-0.15, -0.1) is 0 Å². The zero-order chi connectivity index (χ0) is 14.4. The van der Waals surface area contributed by atoms with Crippen molar-refractivity contribution in [2.75, 3.05) is 18.5 Å². The maximum absolute atomic E-state index is 12.2. The minimum Gasteiger partial charge on any atom is -0.368 e. The van der Waals surface area contributed by atoms with Gasteiger partial charge < -0.3 is 15.8 Å². The third kappa shape index (κ3) is 3.83. The van der Waals surface area contributed by atoms with Crippen molar-refractivity contribution >= 4 is 11.6 Å². The van der Waals surface area contributed by atoms with E-state index in [2.05, 4.69) is 17.2 Å². The number of rotatable bonds is 2. The first kappa shape index (κ1) is 14.6. The topological polar surface area (TPSA) is 64.3 Å². The highest BCUT2D eigenvalue weighted by Gasteiger charge is 2.22. The fourth-order valence-corrected chi connectivity index (χ4v) is 2.15. The second-order valence-electron chi connectivity index (χ2n) is 4.88. The molecule has 1 aliphatic rings. The first-order valence-electron chi connectivity index (χ1n) is 6.93. The van der Waals surface area contributed by atoms with Gasteiger partial charge in [0.25, 0.3) is 5.91 Å². The molecule has 106 valence electrons. The number of hydrogen-bond acceptors (Lipinski definition) is 3. The largest absolute Gasteiger partial charge is 0.368 e. The molecule has 3 N–H and O–H groups in total. The molecule has 1 atom stereocenters. The van der Waals surface area contributed by atoms with Crippen LogP contribution < -0.4 is 11.1 Å². The number of nitrogens with two attached hydrogens (primary N) is 1. The van der Waals surface area contributed by atoms with Gasteiger partial charge >= 0.3 is 0 Å². The van der Waals surface area contributed by atoms with Crippen LogP contribution in [0.4, 0.5) is 5.69 Å². The molecule has 0 aliphatic carbocycles. The monoisotopic (exact) mass is 272 g/mol. The second-order valence-corrected chi connectivity index (χ2v) is 4.88. The van der Waals surface area contributed by atoms with Crippen molar-refractivity contribution in [1.82, 2.24) is 0 Å². The van der Waals surface area contributed by atoms with Crippen molar-refractivity contribution in [3.05, 3.63) is 29.3 Å². The summed E-state index contributed by atoms with van der Waals surface area (Å²) in [5.74, 6) is 5.70. The molecule has 0 aromatic heterocycles. The number of anilines is 1. The van der Waals surface area contributed by atoms with Gasteiger partial charge in [0.2, 0.25) is 0 Å². The lowest BCUT2D eigenvalue weighted by atomic mass is 10.1. The van der Waals surface area contributed by atoms with E-state index in [1.807, 2.05) is 25.1 Å². The number of benzene rings is 1. The normalized spacial score (nSPS) is 18.0. The van der Waals surface area contributed by atoms with Gasteiger partial charge in [-0.25, -0.2) is 0 Å². The Hall–Kier alpha value is -1.83. The molecular weight excluding hydrogens is 252 g/mol. The molecule has 20 heavy (non-hydrogen) atoms. The van der Waals surface area contributed by atoms with Crippen molar-refractivity contribution in [2.24, 2.45) is 5.73 Å². The molecule has 1 unspecified atom stereocenters. The molecule has 1 aliphatic heterocycles. The van der Waals surface area contributed by atoms with E-state index in [1.54, 1.807) is 0 Å². The summed E-state index contributed by atoms with van der Waals surface area (Å²) in [6.07, 6.45) is 2.53. The van der Waals surface area contributed by atoms with Crippen molar-refractivity contribution < 1.29 is 9.53 Å². The van der Waals surface area contributed by atoms with Crippen LogP contribution in [0.5, 0.6) is 0 Å². The van der Waals surface area contributed by atoms with Gasteiger partial charge in [0.1, 0.15) is 6.10 Å². The van der Waals surface area contributed by atoms with Crippen molar-refractivity contribution in [3.8, 4) is 11.8 Å². The molecule has 1 heterocycles. The molecular formula is C16H20N2O2. The van der Waals surface area contributed by atoms with E-state index in [0.29, 0.717) is 13.2 Å². The van der Waals surface area contributed by atoms with E-state index in [9.17, 15) is 4.79 Å². The van der Waals surface area contributed by atoms with Gasteiger partial charge in [-0.1, -0.05) is 17.9 Å². The lowest BCUT2D eigenvalue weighted by Crippen LogP contribution is -2.33. The summed E-state index contributed by atoms with van der Waals surface area (Å²) in [4.78, 5) is 12.2. The van der Waals surface area contributed by atoms with E-state index < -0.39 is 0 Å². The average molecular weight is 272 g/mol. The van der Waals surface area contributed by atoms with Crippen LogP contribution in [0.25, 0.3) is 0 Å². The molecule has 1 aromatic rings. The number of ether oxygens (including phenoxy) is 1. The van der Waals surface area contributed by atoms with E-state index in [-0.39, 0.29) is 12.0 Å². The van der Waals surface area contributed by atoms with Gasteiger partial charge in [-0.05, 0) is 43.9 Å². The standard InChI is InChI=1S/C16H20N2O2/c1-12-7-8-13(5-4-9-17)11-14(12)18-16(19)15-6-2-3-10-20-15/h7-8,11,15H,2-3,6,9-10,17H2,1H3,(H,18,19). The number of nitrogens with one attached hydrogen (secondary N) is 1.